The van der Waals surface area contributed by atoms with E-state index in [-0.39, 0.29) is 5.91 Å². The molecule has 1 aliphatic rings. The van der Waals surface area contributed by atoms with E-state index in [1.807, 2.05) is 0 Å². The van der Waals surface area contributed by atoms with Gasteiger partial charge in [-0.1, -0.05) is 0 Å². The molecule has 1 aromatic heterocycles. The number of anilines is 1. The zero-order chi connectivity index (χ0) is 22.2. The summed E-state index contributed by atoms with van der Waals surface area (Å²) < 4.78 is 27.5. The second kappa shape index (κ2) is 11.2. The van der Waals surface area contributed by atoms with Gasteiger partial charge in [-0.2, -0.15) is 0 Å². The first-order valence-corrected chi connectivity index (χ1v) is 10.6. The molecule has 1 N–H and O–H groups in total. The minimum Gasteiger partial charge on any atom is -0.493 e. The summed E-state index contributed by atoms with van der Waals surface area (Å²) in [5.41, 5.74) is 0.867. The fraction of sp³-hybridized carbons (Fsp3) is 0.429. The SMILES string of the molecule is COc1cc(C(=O)Nc2ccc(OCCN3CCOCC3)nc2)c(Br)c(OC)c1OC. The molecule has 9 nitrogen and oxygen atoms in total. The van der Waals surface area contributed by atoms with Crippen LogP contribution < -0.4 is 24.3 Å². The molecule has 2 aromatic rings. The number of pyridine rings is 1. The third-order valence-electron chi connectivity index (χ3n) is 4.77. The molecular weight excluding hydrogens is 470 g/mol. The highest BCUT2D eigenvalue weighted by Gasteiger charge is 2.23. The lowest BCUT2D eigenvalue weighted by Gasteiger charge is -2.26. The van der Waals surface area contributed by atoms with Crippen LogP contribution in [0.4, 0.5) is 5.69 Å². The molecule has 1 fully saturated rings. The molecule has 0 bridgehead atoms. The number of amides is 1. The highest BCUT2D eigenvalue weighted by Crippen LogP contribution is 2.44. The van der Waals surface area contributed by atoms with Crippen molar-refractivity contribution in [3.8, 4) is 23.1 Å². The highest BCUT2D eigenvalue weighted by molar-refractivity contribution is 9.10. The number of carbonyl (C=O) groups excluding carboxylic acids is 1. The van der Waals surface area contributed by atoms with Crippen LogP contribution in [0.25, 0.3) is 0 Å². The molecule has 0 aliphatic carbocycles. The normalized spacial score (nSPS) is 14.1. The van der Waals surface area contributed by atoms with Crippen LogP contribution in [-0.2, 0) is 4.74 Å². The number of hydrogen-bond donors (Lipinski definition) is 1. The van der Waals surface area contributed by atoms with Gasteiger partial charge in [0.05, 0.1) is 56.5 Å². The van der Waals surface area contributed by atoms with Crippen molar-refractivity contribution in [1.82, 2.24) is 9.88 Å². The van der Waals surface area contributed by atoms with Gasteiger partial charge < -0.3 is 29.0 Å². The Kier molecular flexibility index (Phi) is 8.33. The number of aromatic nitrogens is 1. The standard InChI is InChI=1S/C21H26BrN3O6/c1-27-16-12-15(18(22)20(29-3)19(16)28-2)21(26)24-14-4-5-17(23-13-14)31-11-8-25-6-9-30-10-7-25/h4-5,12-13H,6-11H2,1-3H3,(H,24,26). The molecule has 2 heterocycles. The first-order chi connectivity index (χ1) is 15.1. The molecule has 3 rings (SSSR count). The van der Waals surface area contributed by atoms with Crippen LogP contribution in [0, 0.1) is 0 Å². The molecular formula is C21H26BrN3O6. The second-order valence-corrected chi connectivity index (χ2v) is 7.44. The lowest BCUT2D eigenvalue weighted by molar-refractivity contribution is 0.0320. The molecule has 0 atom stereocenters. The molecule has 0 unspecified atom stereocenters. The fourth-order valence-electron chi connectivity index (χ4n) is 3.13. The van der Waals surface area contributed by atoms with Gasteiger partial charge >= 0.3 is 0 Å². The topological polar surface area (TPSA) is 91.4 Å². The molecule has 1 amide bonds. The summed E-state index contributed by atoms with van der Waals surface area (Å²) in [6.45, 7) is 4.70. The number of halogens is 1. The Balaban J connectivity index is 1.62. The molecule has 1 aliphatic heterocycles. The molecule has 0 radical (unpaired) electrons. The maximum Gasteiger partial charge on any atom is 0.257 e. The van der Waals surface area contributed by atoms with Crippen molar-refractivity contribution in [2.45, 2.75) is 0 Å². The van der Waals surface area contributed by atoms with Crippen molar-refractivity contribution >= 4 is 27.5 Å². The summed E-state index contributed by atoms with van der Waals surface area (Å²) >= 11 is 3.41. The summed E-state index contributed by atoms with van der Waals surface area (Å²) in [5, 5.41) is 2.81. The number of rotatable bonds is 9. The lowest BCUT2D eigenvalue weighted by atomic mass is 10.1. The molecule has 1 aromatic carbocycles. The van der Waals surface area contributed by atoms with Gasteiger partial charge in [-0.3, -0.25) is 9.69 Å². The van der Waals surface area contributed by atoms with E-state index < -0.39 is 0 Å². The minimum atomic E-state index is -0.353. The van der Waals surface area contributed by atoms with Crippen LogP contribution in [0.15, 0.2) is 28.9 Å². The van der Waals surface area contributed by atoms with Crippen LogP contribution >= 0.6 is 15.9 Å². The number of ether oxygens (including phenoxy) is 5. The molecule has 168 valence electrons. The van der Waals surface area contributed by atoms with E-state index in [1.54, 1.807) is 24.4 Å². The van der Waals surface area contributed by atoms with Gasteiger partial charge in [0.15, 0.2) is 11.5 Å². The Morgan fingerprint density at radius 2 is 1.90 bits per heavy atom. The van der Waals surface area contributed by atoms with Crippen molar-refractivity contribution in [3.63, 3.8) is 0 Å². The van der Waals surface area contributed by atoms with E-state index in [2.05, 4.69) is 31.1 Å². The van der Waals surface area contributed by atoms with Crippen LogP contribution in [0.1, 0.15) is 10.4 Å². The average Bonchev–Trinajstić information content (AvgIpc) is 2.80. The van der Waals surface area contributed by atoms with Crippen molar-refractivity contribution < 1.29 is 28.5 Å². The quantitative estimate of drug-likeness (QED) is 0.567. The largest absolute Gasteiger partial charge is 0.493 e. The van der Waals surface area contributed by atoms with Gasteiger partial charge in [-0.05, 0) is 28.1 Å². The zero-order valence-corrected chi connectivity index (χ0v) is 19.4. The highest BCUT2D eigenvalue weighted by atomic mass is 79.9. The number of benzene rings is 1. The molecule has 0 spiro atoms. The van der Waals surface area contributed by atoms with Crippen LogP contribution in [0.2, 0.25) is 0 Å². The predicted octanol–water partition coefficient (Wildman–Crippen LogP) is 2.83. The van der Waals surface area contributed by atoms with Crippen molar-refractivity contribution in [1.29, 1.82) is 0 Å². The fourth-order valence-corrected chi connectivity index (χ4v) is 3.76. The van der Waals surface area contributed by atoms with Gasteiger partial charge in [0, 0.05) is 25.7 Å². The van der Waals surface area contributed by atoms with Crippen molar-refractivity contribution in [3.05, 3.63) is 34.4 Å². The van der Waals surface area contributed by atoms with Gasteiger partial charge in [-0.15, -0.1) is 0 Å². The first kappa shape index (κ1) is 23.1. The number of morpholine rings is 1. The monoisotopic (exact) mass is 495 g/mol. The van der Waals surface area contributed by atoms with E-state index in [1.165, 1.54) is 21.3 Å². The predicted molar refractivity (Wildman–Crippen MR) is 119 cm³/mol. The van der Waals surface area contributed by atoms with E-state index in [4.69, 9.17) is 23.7 Å². The maximum atomic E-state index is 12.8. The zero-order valence-electron chi connectivity index (χ0n) is 17.8. The van der Waals surface area contributed by atoms with E-state index in [0.717, 1.165) is 32.8 Å². The number of nitrogens with zero attached hydrogens (tertiary/aromatic N) is 2. The third-order valence-corrected chi connectivity index (χ3v) is 5.56. The van der Waals surface area contributed by atoms with E-state index in [9.17, 15) is 4.79 Å². The molecule has 0 saturated carbocycles. The van der Waals surface area contributed by atoms with Crippen LogP contribution in [0.5, 0.6) is 23.1 Å². The summed E-state index contributed by atoms with van der Waals surface area (Å²) in [6.07, 6.45) is 1.55. The second-order valence-electron chi connectivity index (χ2n) is 6.65. The summed E-state index contributed by atoms with van der Waals surface area (Å²) in [6, 6.07) is 5.04. The summed E-state index contributed by atoms with van der Waals surface area (Å²) in [4.78, 5) is 19.4. The number of methoxy groups -OCH3 is 3. The van der Waals surface area contributed by atoms with E-state index >= 15 is 0 Å². The number of carbonyl (C=O) groups is 1. The Morgan fingerprint density at radius 3 is 2.52 bits per heavy atom. The van der Waals surface area contributed by atoms with Gasteiger partial charge in [0.2, 0.25) is 11.6 Å². The van der Waals surface area contributed by atoms with Crippen LogP contribution in [0.3, 0.4) is 0 Å². The molecule has 10 heteroatoms. The molecule has 31 heavy (non-hydrogen) atoms. The summed E-state index contributed by atoms with van der Waals surface area (Å²) in [7, 11) is 4.49. The number of hydrogen-bond acceptors (Lipinski definition) is 8. The number of nitrogens with one attached hydrogen (secondary N) is 1. The van der Waals surface area contributed by atoms with Gasteiger partial charge in [-0.25, -0.2) is 4.98 Å². The first-order valence-electron chi connectivity index (χ1n) is 9.76. The third kappa shape index (κ3) is 5.78. The smallest absolute Gasteiger partial charge is 0.257 e. The Bertz CT molecular complexity index is 888. The van der Waals surface area contributed by atoms with Crippen LogP contribution in [-0.4, -0.2) is 76.6 Å². The van der Waals surface area contributed by atoms with Crippen molar-refractivity contribution in [2.24, 2.45) is 0 Å². The minimum absolute atomic E-state index is 0.334. The van der Waals surface area contributed by atoms with E-state index in [0.29, 0.717) is 45.5 Å². The molecule has 1 saturated heterocycles. The maximum absolute atomic E-state index is 12.8. The van der Waals surface area contributed by atoms with Gasteiger partial charge in [0.25, 0.3) is 5.91 Å². The Hall–Kier alpha value is -2.56. The Morgan fingerprint density at radius 1 is 1.16 bits per heavy atom. The Labute approximate surface area is 189 Å². The lowest BCUT2D eigenvalue weighted by Crippen LogP contribution is -2.38. The average molecular weight is 496 g/mol. The van der Waals surface area contributed by atoms with Crippen molar-refractivity contribution in [2.75, 3.05) is 66.1 Å². The van der Waals surface area contributed by atoms with Gasteiger partial charge in [0.1, 0.15) is 6.61 Å². The summed E-state index contributed by atoms with van der Waals surface area (Å²) in [5.74, 6) is 1.30.